The second kappa shape index (κ2) is 9.77. The number of hydrogen-bond acceptors (Lipinski definition) is 11. The fourth-order valence-corrected chi connectivity index (χ4v) is 6.13. The molecule has 2 N–H and O–H groups in total. The van der Waals surface area contributed by atoms with Gasteiger partial charge in [-0.05, 0) is 38.0 Å². The molecule has 0 radical (unpaired) electrons. The van der Waals surface area contributed by atoms with Crippen LogP contribution in [0.5, 0.6) is 5.88 Å². The second-order valence-corrected chi connectivity index (χ2v) is 11.7. The molecule has 3 aromatic rings. The van der Waals surface area contributed by atoms with Gasteiger partial charge in [-0.3, -0.25) is 14.5 Å². The Kier molecular flexibility index (Phi) is 6.40. The first-order valence-corrected chi connectivity index (χ1v) is 14.2. The fourth-order valence-electron chi connectivity index (χ4n) is 4.85. The van der Waals surface area contributed by atoms with Gasteiger partial charge in [0.15, 0.2) is 5.79 Å². The van der Waals surface area contributed by atoms with E-state index in [9.17, 15) is 13.2 Å². The Balaban J connectivity index is 1.24. The van der Waals surface area contributed by atoms with Gasteiger partial charge in [-0.2, -0.15) is 0 Å². The van der Waals surface area contributed by atoms with Crippen molar-refractivity contribution in [2.45, 2.75) is 49.1 Å². The van der Waals surface area contributed by atoms with Crippen LogP contribution >= 0.6 is 0 Å². The summed E-state index contributed by atoms with van der Waals surface area (Å²) >= 11 is 0. The summed E-state index contributed by atoms with van der Waals surface area (Å²) in [6.45, 7) is 3.21. The number of amides is 1. The molecule has 1 spiro atoms. The molecule has 204 valence electrons. The molecule has 3 aliphatic rings. The summed E-state index contributed by atoms with van der Waals surface area (Å²) in [5.41, 5.74) is 0.523. The molecule has 0 atom stereocenters. The van der Waals surface area contributed by atoms with E-state index >= 15 is 0 Å². The van der Waals surface area contributed by atoms with E-state index in [1.54, 1.807) is 30.6 Å². The Bertz CT molecular complexity index is 1480. The van der Waals surface area contributed by atoms with Gasteiger partial charge in [-0.1, -0.05) is 0 Å². The van der Waals surface area contributed by atoms with Crippen LogP contribution in [0.1, 0.15) is 38.3 Å². The van der Waals surface area contributed by atoms with Gasteiger partial charge in [0, 0.05) is 30.8 Å². The average molecular weight is 554 g/mol. The van der Waals surface area contributed by atoms with Crippen LogP contribution < -0.4 is 14.8 Å². The third kappa shape index (κ3) is 5.02. The highest BCUT2D eigenvalue weighted by Crippen LogP contribution is 2.54. The van der Waals surface area contributed by atoms with E-state index < -0.39 is 26.5 Å². The lowest BCUT2D eigenvalue weighted by atomic mass is 9.61. The maximum Gasteiger partial charge on any atom is 0.238 e. The third-order valence-corrected chi connectivity index (χ3v) is 8.75. The van der Waals surface area contributed by atoms with E-state index in [2.05, 4.69) is 35.0 Å². The average Bonchev–Trinajstić information content (AvgIpc) is 3.67. The molecule has 6 rings (SSSR count). The van der Waals surface area contributed by atoms with Crippen LogP contribution in [0.15, 0.2) is 43.0 Å². The monoisotopic (exact) mass is 553 g/mol. The molecule has 2 saturated carbocycles. The topological polar surface area (TPSA) is 167 Å². The first-order valence-electron chi connectivity index (χ1n) is 12.7. The second-order valence-electron chi connectivity index (χ2n) is 9.72. The van der Waals surface area contributed by atoms with Gasteiger partial charge in [0.2, 0.25) is 27.8 Å². The van der Waals surface area contributed by atoms with Crippen molar-refractivity contribution in [3.8, 4) is 17.1 Å². The molecule has 0 bridgehead atoms. The number of ether oxygens (including phenoxy) is 3. The Morgan fingerprint density at radius 3 is 2.56 bits per heavy atom. The van der Waals surface area contributed by atoms with Crippen molar-refractivity contribution in [1.82, 2.24) is 24.9 Å². The highest BCUT2D eigenvalue weighted by atomic mass is 32.2. The number of rotatable bonds is 9. The minimum absolute atomic E-state index is 0.0707. The van der Waals surface area contributed by atoms with E-state index in [0.717, 1.165) is 0 Å². The summed E-state index contributed by atoms with van der Waals surface area (Å²) in [4.78, 5) is 35.2. The first kappa shape index (κ1) is 25.5. The summed E-state index contributed by atoms with van der Waals surface area (Å²) in [7, 11) is -3.57. The SMILES string of the molecule is CCOc1cncc(-c2ccc(NC(=O)C3(c4ccnc(NS(=O)(=O)C5CC5)n4)CC4(C3)OCCO4)nc2)n1. The number of carbonyl (C=O) groups is 1. The molecule has 1 saturated heterocycles. The van der Waals surface area contributed by atoms with Crippen molar-refractivity contribution in [1.29, 1.82) is 0 Å². The van der Waals surface area contributed by atoms with Gasteiger partial charge in [-0.25, -0.2) is 28.4 Å². The number of anilines is 2. The smallest absolute Gasteiger partial charge is 0.238 e. The van der Waals surface area contributed by atoms with Crippen molar-refractivity contribution >= 4 is 27.7 Å². The Labute approximate surface area is 224 Å². The number of nitrogens with one attached hydrogen (secondary N) is 2. The molecular weight excluding hydrogens is 526 g/mol. The molecule has 14 heteroatoms. The van der Waals surface area contributed by atoms with Crippen LogP contribution in [0.3, 0.4) is 0 Å². The van der Waals surface area contributed by atoms with Gasteiger partial charge in [0.1, 0.15) is 11.2 Å². The Morgan fingerprint density at radius 2 is 1.87 bits per heavy atom. The molecule has 1 aliphatic heterocycles. The summed E-state index contributed by atoms with van der Waals surface area (Å²) in [6, 6.07) is 5.05. The van der Waals surface area contributed by atoms with Gasteiger partial charge >= 0.3 is 0 Å². The number of nitrogens with zero attached hydrogens (tertiary/aromatic N) is 5. The van der Waals surface area contributed by atoms with Gasteiger partial charge in [-0.15, -0.1) is 0 Å². The van der Waals surface area contributed by atoms with Crippen LogP contribution in [0.2, 0.25) is 0 Å². The standard InChI is InChI=1S/C25H27N7O6S/c1-2-36-21-13-26-12-18(29-21)16-3-6-20(28-11-16)31-22(33)24(14-25(15-24)37-9-10-38-25)19-7-8-27-23(30-19)32-39(34,35)17-4-5-17/h3,6-8,11-13,17H,2,4-5,9-10,14-15H2,1H3,(H,27,30,32)(H,28,31,33). The molecule has 0 unspecified atom stereocenters. The lowest BCUT2D eigenvalue weighted by Gasteiger charge is -2.50. The predicted molar refractivity (Wildman–Crippen MR) is 138 cm³/mol. The molecule has 1 amide bonds. The minimum Gasteiger partial charge on any atom is -0.477 e. The number of carbonyl (C=O) groups excluding carboxylic acids is 1. The molecule has 13 nitrogen and oxygen atoms in total. The van der Waals surface area contributed by atoms with Crippen LogP contribution in [0.4, 0.5) is 11.8 Å². The van der Waals surface area contributed by atoms with Crippen molar-refractivity contribution in [3.05, 3.63) is 48.7 Å². The van der Waals surface area contributed by atoms with E-state index in [-0.39, 0.29) is 24.7 Å². The molecule has 2 aliphatic carbocycles. The molecule has 39 heavy (non-hydrogen) atoms. The molecule has 3 aromatic heterocycles. The highest BCUT2D eigenvalue weighted by Gasteiger charge is 2.64. The minimum atomic E-state index is -3.57. The zero-order valence-corrected chi connectivity index (χ0v) is 22.0. The third-order valence-electron chi connectivity index (χ3n) is 6.94. The maximum atomic E-state index is 13.7. The highest BCUT2D eigenvalue weighted by molar-refractivity contribution is 7.93. The largest absolute Gasteiger partial charge is 0.477 e. The summed E-state index contributed by atoms with van der Waals surface area (Å²) in [5.74, 6) is -0.570. The number of sulfonamides is 1. The number of pyridine rings is 1. The maximum absolute atomic E-state index is 13.7. The van der Waals surface area contributed by atoms with Crippen molar-refractivity contribution in [2.75, 3.05) is 29.9 Å². The zero-order valence-electron chi connectivity index (χ0n) is 21.2. The van der Waals surface area contributed by atoms with E-state index in [0.29, 0.717) is 61.3 Å². The predicted octanol–water partition coefficient (Wildman–Crippen LogP) is 2.04. The summed E-state index contributed by atoms with van der Waals surface area (Å²) in [6.07, 6.45) is 7.81. The fraction of sp³-hybridized carbons (Fsp3) is 0.440. The molecule has 4 heterocycles. The van der Waals surface area contributed by atoms with Crippen LogP contribution in [-0.4, -0.2) is 70.1 Å². The molecular formula is C25H27N7O6S. The normalized spacial score (nSPS) is 19.3. The van der Waals surface area contributed by atoms with Crippen molar-refractivity contribution in [2.24, 2.45) is 0 Å². The van der Waals surface area contributed by atoms with Gasteiger partial charge in [0.25, 0.3) is 0 Å². The lowest BCUT2D eigenvalue weighted by molar-refractivity contribution is -0.237. The van der Waals surface area contributed by atoms with E-state index in [4.69, 9.17) is 14.2 Å². The molecule has 3 fully saturated rings. The van der Waals surface area contributed by atoms with Crippen molar-refractivity contribution in [3.63, 3.8) is 0 Å². The molecule has 0 aromatic carbocycles. The zero-order chi connectivity index (χ0) is 27.1. The van der Waals surface area contributed by atoms with Gasteiger partial charge < -0.3 is 19.5 Å². The van der Waals surface area contributed by atoms with Crippen LogP contribution in [0, 0.1) is 0 Å². The van der Waals surface area contributed by atoms with E-state index in [1.807, 2.05) is 6.92 Å². The van der Waals surface area contributed by atoms with Crippen molar-refractivity contribution < 1.29 is 27.4 Å². The number of aromatic nitrogens is 5. The van der Waals surface area contributed by atoms with Crippen LogP contribution in [0.25, 0.3) is 11.3 Å². The first-order chi connectivity index (χ1) is 18.8. The quantitative estimate of drug-likeness (QED) is 0.398. The summed E-state index contributed by atoms with van der Waals surface area (Å²) < 4.78 is 44.3. The summed E-state index contributed by atoms with van der Waals surface area (Å²) in [5, 5.41) is 2.44. The van der Waals surface area contributed by atoms with E-state index in [1.165, 1.54) is 12.4 Å². The Hall–Kier alpha value is -3.75. The van der Waals surface area contributed by atoms with Crippen LogP contribution in [-0.2, 0) is 29.7 Å². The Morgan fingerprint density at radius 1 is 1.08 bits per heavy atom. The van der Waals surface area contributed by atoms with Gasteiger partial charge in [0.05, 0.1) is 48.9 Å². The lowest BCUT2D eigenvalue weighted by Crippen LogP contribution is -2.61. The number of hydrogen-bond donors (Lipinski definition) is 2.